The summed E-state index contributed by atoms with van der Waals surface area (Å²) in [5.41, 5.74) is 3.53. The molecule has 0 saturated carbocycles. The zero-order valence-electron chi connectivity index (χ0n) is 14.5. The molecule has 5 heteroatoms. The standard InChI is InChI=1S/C20H24ClN3O/c1-15-7-8-18(21)11-19(15)24-10-9-17(14-24)13-23-20(25)22-12-16-5-3-2-4-6-16/h2-8,11,17H,9-10,12-14H2,1H3,(H2,22,23,25). The summed E-state index contributed by atoms with van der Waals surface area (Å²) in [7, 11) is 0. The highest BCUT2D eigenvalue weighted by Gasteiger charge is 2.24. The van der Waals surface area contributed by atoms with Crippen molar-refractivity contribution in [2.75, 3.05) is 24.5 Å². The van der Waals surface area contributed by atoms with Gasteiger partial charge in [0.05, 0.1) is 0 Å². The molecule has 2 N–H and O–H groups in total. The van der Waals surface area contributed by atoms with Gasteiger partial charge in [0.2, 0.25) is 0 Å². The minimum Gasteiger partial charge on any atom is -0.371 e. The van der Waals surface area contributed by atoms with Crippen LogP contribution in [0.15, 0.2) is 48.5 Å². The largest absolute Gasteiger partial charge is 0.371 e. The Morgan fingerprint density at radius 2 is 2.00 bits per heavy atom. The summed E-state index contributed by atoms with van der Waals surface area (Å²) in [5, 5.41) is 6.66. The highest BCUT2D eigenvalue weighted by atomic mass is 35.5. The molecule has 0 radical (unpaired) electrons. The van der Waals surface area contributed by atoms with Crippen molar-refractivity contribution in [1.29, 1.82) is 0 Å². The number of nitrogens with one attached hydrogen (secondary N) is 2. The molecule has 2 aromatic carbocycles. The second-order valence-electron chi connectivity index (χ2n) is 6.58. The van der Waals surface area contributed by atoms with Crippen LogP contribution < -0.4 is 15.5 Å². The molecule has 0 aliphatic carbocycles. The number of rotatable bonds is 5. The molecule has 3 rings (SSSR count). The van der Waals surface area contributed by atoms with Gasteiger partial charge in [-0.15, -0.1) is 0 Å². The predicted octanol–water partition coefficient (Wildman–Crippen LogP) is 3.97. The number of nitrogens with zero attached hydrogens (tertiary/aromatic N) is 1. The van der Waals surface area contributed by atoms with Gasteiger partial charge in [0, 0.05) is 36.9 Å². The third-order valence-corrected chi connectivity index (χ3v) is 4.88. The van der Waals surface area contributed by atoms with E-state index in [-0.39, 0.29) is 6.03 Å². The van der Waals surface area contributed by atoms with E-state index in [9.17, 15) is 4.79 Å². The Morgan fingerprint density at radius 1 is 1.20 bits per heavy atom. The van der Waals surface area contributed by atoms with Crippen molar-refractivity contribution in [1.82, 2.24) is 10.6 Å². The van der Waals surface area contributed by atoms with Gasteiger partial charge >= 0.3 is 6.03 Å². The third-order valence-electron chi connectivity index (χ3n) is 4.64. The van der Waals surface area contributed by atoms with E-state index in [4.69, 9.17) is 11.6 Å². The zero-order valence-corrected chi connectivity index (χ0v) is 15.2. The maximum atomic E-state index is 12.0. The summed E-state index contributed by atoms with van der Waals surface area (Å²) < 4.78 is 0. The van der Waals surface area contributed by atoms with E-state index < -0.39 is 0 Å². The van der Waals surface area contributed by atoms with Gasteiger partial charge in [-0.25, -0.2) is 4.79 Å². The smallest absolute Gasteiger partial charge is 0.315 e. The molecule has 25 heavy (non-hydrogen) atoms. The highest BCUT2D eigenvalue weighted by Crippen LogP contribution is 2.29. The molecule has 1 saturated heterocycles. The number of urea groups is 1. The van der Waals surface area contributed by atoms with E-state index in [2.05, 4.69) is 28.5 Å². The van der Waals surface area contributed by atoms with E-state index in [1.54, 1.807) is 0 Å². The molecule has 1 unspecified atom stereocenters. The Morgan fingerprint density at radius 3 is 2.80 bits per heavy atom. The summed E-state index contributed by atoms with van der Waals surface area (Å²) in [6.45, 7) is 5.29. The fourth-order valence-electron chi connectivity index (χ4n) is 3.22. The second kappa shape index (κ2) is 8.26. The van der Waals surface area contributed by atoms with Crippen molar-refractivity contribution in [3.8, 4) is 0 Å². The Kier molecular flexibility index (Phi) is 5.82. The summed E-state index contributed by atoms with van der Waals surface area (Å²) >= 11 is 6.13. The topological polar surface area (TPSA) is 44.4 Å². The van der Waals surface area contributed by atoms with Crippen molar-refractivity contribution < 1.29 is 4.79 Å². The number of benzene rings is 2. The first-order chi connectivity index (χ1) is 12.1. The average Bonchev–Trinajstić information content (AvgIpc) is 3.10. The van der Waals surface area contributed by atoms with Crippen LogP contribution >= 0.6 is 11.6 Å². The molecule has 1 aliphatic heterocycles. The fourth-order valence-corrected chi connectivity index (χ4v) is 3.39. The lowest BCUT2D eigenvalue weighted by Gasteiger charge is -2.21. The Bertz CT molecular complexity index is 720. The van der Waals surface area contributed by atoms with Crippen molar-refractivity contribution in [3.63, 3.8) is 0 Å². The Hall–Kier alpha value is -2.20. The number of hydrogen-bond acceptors (Lipinski definition) is 2. The molecule has 1 aliphatic rings. The van der Waals surface area contributed by atoms with Crippen molar-refractivity contribution in [2.24, 2.45) is 5.92 Å². The lowest BCUT2D eigenvalue weighted by atomic mass is 10.1. The molecular formula is C20H24ClN3O. The molecule has 0 bridgehead atoms. The van der Waals surface area contributed by atoms with Crippen LogP contribution in [0.3, 0.4) is 0 Å². The first kappa shape index (κ1) is 17.6. The van der Waals surface area contributed by atoms with Crippen molar-refractivity contribution in [2.45, 2.75) is 19.9 Å². The summed E-state index contributed by atoms with van der Waals surface area (Å²) in [4.78, 5) is 14.3. The summed E-state index contributed by atoms with van der Waals surface area (Å²) in [6, 6.07) is 15.8. The number of amides is 2. The molecule has 1 fully saturated rings. The predicted molar refractivity (Wildman–Crippen MR) is 103 cm³/mol. The van der Waals surface area contributed by atoms with Crippen LogP contribution in [-0.2, 0) is 6.54 Å². The maximum Gasteiger partial charge on any atom is 0.315 e. The first-order valence-corrected chi connectivity index (χ1v) is 9.06. The number of carbonyl (C=O) groups is 1. The monoisotopic (exact) mass is 357 g/mol. The molecule has 2 amide bonds. The Balaban J connectivity index is 1.44. The second-order valence-corrected chi connectivity index (χ2v) is 7.02. The van der Waals surface area contributed by atoms with E-state index >= 15 is 0 Å². The lowest BCUT2D eigenvalue weighted by molar-refractivity contribution is 0.239. The molecule has 1 atom stereocenters. The molecule has 4 nitrogen and oxygen atoms in total. The zero-order chi connectivity index (χ0) is 17.6. The normalized spacial score (nSPS) is 16.7. The van der Waals surface area contributed by atoms with Crippen LogP contribution in [-0.4, -0.2) is 25.7 Å². The fraction of sp³-hybridized carbons (Fsp3) is 0.350. The number of carbonyl (C=O) groups excluding carboxylic acids is 1. The van der Waals surface area contributed by atoms with Crippen LogP contribution in [0.1, 0.15) is 17.5 Å². The SMILES string of the molecule is Cc1ccc(Cl)cc1N1CCC(CNC(=O)NCc2ccccc2)C1. The van der Waals surface area contributed by atoms with Gasteiger partial charge in [-0.3, -0.25) is 0 Å². The number of anilines is 1. The van der Waals surface area contributed by atoms with Gasteiger partial charge < -0.3 is 15.5 Å². The summed E-state index contributed by atoms with van der Waals surface area (Å²) in [6.07, 6.45) is 1.07. The van der Waals surface area contributed by atoms with E-state index in [1.165, 1.54) is 11.3 Å². The van der Waals surface area contributed by atoms with Crippen LogP contribution in [0.4, 0.5) is 10.5 Å². The van der Waals surface area contributed by atoms with Gasteiger partial charge in [0.25, 0.3) is 0 Å². The minimum atomic E-state index is -0.110. The number of hydrogen-bond donors (Lipinski definition) is 2. The third kappa shape index (κ3) is 4.89. The van der Waals surface area contributed by atoms with Crippen LogP contribution in [0, 0.1) is 12.8 Å². The minimum absolute atomic E-state index is 0.110. The molecule has 1 heterocycles. The van der Waals surface area contributed by atoms with Gasteiger partial charge in [-0.2, -0.15) is 0 Å². The molecule has 0 aromatic heterocycles. The average molecular weight is 358 g/mol. The Labute approximate surface area is 154 Å². The maximum absolute atomic E-state index is 12.0. The summed E-state index contributed by atoms with van der Waals surface area (Å²) in [5.74, 6) is 0.459. The molecule has 132 valence electrons. The molecular weight excluding hydrogens is 334 g/mol. The number of halogens is 1. The quantitative estimate of drug-likeness (QED) is 0.850. The lowest BCUT2D eigenvalue weighted by Crippen LogP contribution is -2.38. The van der Waals surface area contributed by atoms with Crippen LogP contribution in [0.5, 0.6) is 0 Å². The van der Waals surface area contributed by atoms with Crippen LogP contribution in [0.25, 0.3) is 0 Å². The molecule has 0 spiro atoms. The van der Waals surface area contributed by atoms with Crippen molar-refractivity contribution >= 4 is 23.3 Å². The van der Waals surface area contributed by atoms with Gasteiger partial charge in [-0.1, -0.05) is 48.0 Å². The van der Waals surface area contributed by atoms with Gasteiger partial charge in [0.15, 0.2) is 0 Å². The van der Waals surface area contributed by atoms with Crippen LogP contribution in [0.2, 0.25) is 5.02 Å². The molecule has 2 aromatic rings. The highest BCUT2D eigenvalue weighted by molar-refractivity contribution is 6.30. The van der Waals surface area contributed by atoms with E-state index in [1.807, 2.05) is 42.5 Å². The number of aryl methyl sites for hydroxylation is 1. The van der Waals surface area contributed by atoms with E-state index in [0.717, 1.165) is 30.1 Å². The van der Waals surface area contributed by atoms with Gasteiger partial charge in [0.1, 0.15) is 0 Å². The van der Waals surface area contributed by atoms with E-state index in [0.29, 0.717) is 19.0 Å². The first-order valence-electron chi connectivity index (χ1n) is 8.68. The van der Waals surface area contributed by atoms with Gasteiger partial charge in [-0.05, 0) is 42.5 Å². The van der Waals surface area contributed by atoms with Crippen molar-refractivity contribution in [3.05, 3.63) is 64.7 Å².